The minimum absolute atomic E-state index is 0.121. The van der Waals surface area contributed by atoms with Crippen molar-refractivity contribution < 1.29 is 27.1 Å². The van der Waals surface area contributed by atoms with Gasteiger partial charge in [0.25, 0.3) is 0 Å². The summed E-state index contributed by atoms with van der Waals surface area (Å²) in [6.07, 6.45) is 0.635. The van der Waals surface area contributed by atoms with Crippen molar-refractivity contribution >= 4 is 12.2 Å². The molecule has 2 fully saturated rings. The standard InChI is InChI=1S/C28H37F4N5O2/c1-17-5-7-20-23(17)25(35(4)16-33-20)36-11-13-37(14-12-36)26(38)24(21-9-10-27(2,3)34-21)18-6-8-22(19(29)15-18)39-28(30,31)32/h6,8,15-17,21,24-25,34H,5,7,9-14H2,1-4H3/t17-,21+,24+,25?/m1/s1. The van der Waals surface area contributed by atoms with Crippen molar-refractivity contribution in [1.29, 1.82) is 0 Å². The third kappa shape index (κ3) is 5.79. The quantitative estimate of drug-likeness (QED) is 0.548. The zero-order valence-corrected chi connectivity index (χ0v) is 22.9. The predicted octanol–water partition coefficient (Wildman–Crippen LogP) is 4.47. The molecule has 214 valence electrons. The molecule has 1 aromatic rings. The van der Waals surface area contributed by atoms with E-state index >= 15 is 0 Å². The van der Waals surface area contributed by atoms with Gasteiger partial charge in [0.1, 0.15) is 6.17 Å². The van der Waals surface area contributed by atoms with Gasteiger partial charge in [-0.15, -0.1) is 13.2 Å². The van der Waals surface area contributed by atoms with E-state index in [0.29, 0.717) is 44.1 Å². The zero-order valence-electron chi connectivity index (χ0n) is 22.9. The molecule has 4 aliphatic rings. The predicted molar refractivity (Wildman–Crippen MR) is 140 cm³/mol. The molecule has 1 aliphatic carbocycles. The number of hydrogen-bond donors (Lipinski definition) is 1. The smallest absolute Gasteiger partial charge is 0.403 e. The number of carbonyl (C=O) groups excluding carboxylic acids is 1. The van der Waals surface area contributed by atoms with Crippen LogP contribution in [0.2, 0.25) is 0 Å². The number of alkyl halides is 3. The number of amides is 1. The Morgan fingerprint density at radius 2 is 1.90 bits per heavy atom. The number of allylic oxidation sites excluding steroid dienone is 1. The molecule has 0 saturated carbocycles. The highest BCUT2D eigenvalue weighted by Gasteiger charge is 2.43. The maximum atomic E-state index is 14.7. The molecule has 3 aliphatic heterocycles. The highest BCUT2D eigenvalue weighted by atomic mass is 19.4. The average molecular weight is 552 g/mol. The SMILES string of the molecule is C[C@@H]1CCC2=C1C(N1CCN(C(=O)[C@@H](c3ccc(OC(F)(F)F)c(F)c3)[C@@H]3CCC(C)(C)N3)CC1)N(C)C=N2. The first-order valence-corrected chi connectivity index (χ1v) is 13.7. The van der Waals surface area contributed by atoms with Crippen molar-refractivity contribution in [3.05, 3.63) is 40.8 Å². The summed E-state index contributed by atoms with van der Waals surface area (Å²) in [5, 5.41) is 3.50. The number of benzene rings is 1. The third-order valence-corrected chi connectivity index (χ3v) is 8.58. The van der Waals surface area contributed by atoms with Crippen molar-refractivity contribution in [2.24, 2.45) is 10.9 Å². The number of nitrogens with one attached hydrogen (secondary N) is 1. The summed E-state index contributed by atoms with van der Waals surface area (Å²) in [5.41, 5.74) is 2.70. The fourth-order valence-electron chi connectivity index (χ4n) is 6.64. The number of likely N-dealkylation sites (N-methyl/N-ethyl adjacent to an activating group) is 1. The first-order chi connectivity index (χ1) is 18.3. The average Bonchev–Trinajstić information content (AvgIpc) is 3.42. The number of halogens is 4. The summed E-state index contributed by atoms with van der Waals surface area (Å²) in [6.45, 7) is 8.73. The third-order valence-electron chi connectivity index (χ3n) is 8.58. The topological polar surface area (TPSA) is 60.4 Å². The highest BCUT2D eigenvalue weighted by Crippen LogP contribution is 2.40. The van der Waals surface area contributed by atoms with E-state index in [1.54, 1.807) is 0 Å². The minimum atomic E-state index is -5.00. The van der Waals surface area contributed by atoms with E-state index in [4.69, 9.17) is 0 Å². The molecule has 1 aromatic carbocycles. The lowest BCUT2D eigenvalue weighted by atomic mass is 9.88. The van der Waals surface area contributed by atoms with E-state index in [9.17, 15) is 22.4 Å². The monoisotopic (exact) mass is 551 g/mol. The van der Waals surface area contributed by atoms with Gasteiger partial charge >= 0.3 is 6.36 Å². The summed E-state index contributed by atoms with van der Waals surface area (Å²) in [6, 6.07) is 3.10. The maximum Gasteiger partial charge on any atom is 0.573 e. The summed E-state index contributed by atoms with van der Waals surface area (Å²) >= 11 is 0. The Balaban J connectivity index is 1.34. The van der Waals surface area contributed by atoms with E-state index in [1.165, 1.54) is 17.3 Å². The molecule has 0 aromatic heterocycles. The molecule has 0 radical (unpaired) electrons. The lowest BCUT2D eigenvalue weighted by Gasteiger charge is -2.45. The number of piperazine rings is 1. The molecular weight excluding hydrogens is 514 g/mol. The van der Waals surface area contributed by atoms with Gasteiger partial charge < -0.3 is 19.9 Å². The van der Waals surface area contributed by atoms with Crippen molar-refractivity contribution in [3.63, 3.8) is 0 Å². The molecule has 1 N–H and O–H groups in total. The second-order valence-corrected chi connectivity index (χ2v) is 11.9. The van der Waals surface area contributed by atoms with Gasteiger partial charge in [0, 0.05) is 50.5 Å². The van der Waals surface area contributed by atoms with Crippen molar-refractivity contribution in [3.8, 4) is 5.75 Å². The van der Waals surface area contributed by atoms with Gasteiger partial charge in [-0.3, -0.25) is 9.69 Å². The van der Waals surface area contributed by atoms with Crippen molar-refractivity contribution in [2.45, 2.75) is 76.5 Å². The van der Waals surface area contributed by atoms with Crippen LogP contribution in [0.1, 0.15) is 57.9 Å². The van der Waals surface area contributed by atoms with Crippen LogP contribution in [0.25, 0.3) is 0 Å². The van der Waals surface area contributed by atoms with Gasteiger partial charge in [0.15, 0.2) is 11.6 Å². The number of carbonyl (C=O) groups is 1. The second-order valence-electron chi connectivity index (χ2n) is 11.9. The van der Waals surface area contributed by atoms with Crippen molar-refractivity contribution in [2.75, 3.05) is 33.2 Å². The number of nitrogens with zero attached hydrogens (tertiary/aromatic N) is 4. The van der Waals surface area contributed by atoms with Crippen LogP contribution in [0, 0.1) is 11.7 Å². The number of hydrogen-bond acceptors (Lipinski definition) is 6. The van der Waals surface area contributed by atoms with Crippen LogP contribution in [0.3, 0.4) is 0 Å². The Kier molecular flexibility index (Phi) is 7.43. The van der Waals surface area contributed by atoms with Crippen LogP contribution in [0.5, 0.6) is 5.75 Å². The van der Waals surface area contributed by atoms with Crippen LogP contribution in [0.4, 0.5) is 17.6 Å². The molecule has 11 heteroatoms. The van der Waals surface area contributed by atoms with Crippen LogP contribution >= 0.6 is 0 Å². The molecule has 1 unspecified atom stereocenters. The largest absolute Gasteiger partial charge is 0.573 e. The first-order valence-electron chi connectivity index (χ1n) is 13.7. The molecule has 2 saturated heterocycles. The van der Waals surface area contributed by atoms with E-state index < -0.39 is 23.8 Å². The van der Waals surface area contributed by atoms with E-state index in [2.05, 4.69) is 31.8 Å². The lowest BCUT2D eigenvalue weighted by Crippen LogP contribution is -2.58. The van der Waals surface area contributed by atoms with Crippen LogP contribution in [-0.4, -0.2) is 84.3 Å². The van der Waals surface area contributed by atoms with Gasteiger partial charge in [-0.05, 0) is 68.7 Å². The molecule has 5 rings (SSSR count). The fraction of sp³-hybridized carbons (Fsp3) is 0.643. The van der Waals surface area contributed by atoms with Gasteiger partial charge in [0.2, 0.25) is 5.91 Å². The van der Waals surface area contributed by atoms with E-state index in [1.807, 2.05) is 32.1 Å². The normalized spacial score (nSPS) is 28.2. The fourth-order valence-corrected chi connectivity index (χ4v) is 6.64. The maximum absolute atomic E-state index is 14.7. The molecule has 7 nitrogen and oxygen atoms in total. The van der Waals surface area contributed by atoms with Gasteiger partial charge in [-0.25, -0.2) is 9.38 Å². The Morgan fingerprint density at radius 3 is 2.51 bits per heavy atom. The Labute approximate surface area is 226 Å². The number of ether oxygens (including phenoxy) is 1. The number of aliphatic imine (C=N–C) groups is 1. The summed E-state index contributed by atoms with van der Waals surface area (Å²) in [5.74, 6) is -2.44. The summed E-state index contributed by atoms with van der Waals surface area (Å²) in [7, 11) is 2.03. The molecular formula is C28H37F4N5O2. The molecule has 3 heterocycles. The summed E-state index contributed by atoms with van der Waals surface area (Å²) in [4.78, 5) is 25.0. The molecule has 1 amide bonds. The Morgan fingerprint density at radius 1 is 1.18 bits per heavy atom. The van der Waals surface area contributed by atoms with Gasteiger partial charge in [-0.1, -0.05) is 13.0 Å². The van der Waals surface area contributed by atoms with E-state index in [0.717, 1.165) is 31.4 Å². The highest BCUT2D eigenvalue weighted by molar-refractivity contribution is 5.85. The van der Waals surface area contributed by atoms with Crippen LogP contribution < -0.4 is 10.1 Å². The molecule has 39 heavy (non-hydrogen) atoms. The van der Waals surface area contributed by atoms with Gasteiger partial charge in [0.05, 0.1) is 12.3 Å². The van der Waals surface area contributed by atoms with Gasteiger partial charge in [-0.2, -0.15) is 0 Å². The molecule has 0 bridgehead atoms. The minimum Gasteiger partial charge on any atom is -0.403 e. The zero-order chi connectivity index (χ0) is 28.1. The van der Waals surface area contributed by atoms with Crippen molar-refractivity contribution in [1.82, 2.24) is 20.0 Å². The second kappa shape index (κ2) is 10.4. The summed E-state index contributed by atoms with van der Waals surface area (Å²) < 4.78 is 56.6. The Bertz CT molecular complexity index is 1160. The first kappa shape index (κ1) is 27.9. The van der Waals surface area contributed by atoms with Crippen LogP contribution in [-0.2, 0) is 4.79 Å². The Hall–Kier alpha value is -2.66. The lowest BCUT2D eigenvalue weighted by molar-refractivity contribution is -0.275. The molecule has 0 spiro atoms. The van der Waals surface area contributed by atoms with Crippen LogP contribution in [0.15, 0.2) is 34.5 Å². The number of rotatable bonds is 5. The van der Waals surface area contributed by atoms with E-state index in [-0.39, 0.29) is 23.7 Å². The molecule has 4 atom stereocenters.